The number of terminal acetylenes is 1. The van der Waals surface area contributed by atoms with Crippen molar-refractivity contribution in [2.75, 3.05) is 6.61 Å². The van der Waals surface area contributed by atoms with E-state index in [9.17, 15) is 5.11 Å². The molecule has 0 aromatic heterocycles. The van der Waals surface area contributed by atoms with Crippen molar-refractivity contribution in [1.82, 2.24) is 0 Å². The van der Waals surface area contributed by atoms with Crippen LogP contribution in [0.5, 0.6) is 0 Å². The van der Waals surface area contributed by atoms with Gasteiger partial charge in [0.15, 0.2) is 8.32 Å². The Hall–Kier alpha value is -0.303. The Balaban J connectivity index is 4.08. The van der Waals surface area contributed by atoms with Crippen molar-refractivity contribution < 1.29 is 9.53 Å². The van der Waals surface area contributed by atoms with Gasteiger partial charge in [-0.2, -0.15) is 0 Å². The molecule has 0 saturated heterocycles. The highest BCUT2D eigenvalue weighted by atomic mass is 28.4. The van der Waals surface area contributed by atoms with Crippen LogP contribution < -0.4 is 0 Å². The summed E-state index contributed by atoms with van der Waals surface area (Å²) in [5.74, 6) is 3.00. The molecular formula is C16H32O2Si. The van der Waals surface area contributed by atoms with Crippen molar-refractivity contribution in [3.63, 3.8) is 0 Å². The van der Waals surface area contributed by atoms with Gasteiger partial charge in [0.1, 0.15) is 0 Å². The van der Waals surface area contributed by atoms with Gasteiger partial charge in [0.05, 0.1) is 6.10 Å². The third-order valence-electron chi connectivity index (χ3n) is 4.33. The molecule has 3 heteroatoms. The van der Waals surface area contributed by atoms with Crippen LogP contribution in [0.3, 0.4) is 0 Å². The van der Waals surface area contributed by atoms with Crippen LogP contribution in [0.1, 0.15) is 47.5 Å². The Morgan fingerprint density at radius 3 is 2.16 bits per heavy atom. The van der Waals surface area contributed by atoms with Gasteiger partial charge < -0.3 is 9.53 Å². The quantitative estimate of drug-likeness (QED) is 0.564. The Morgan fingerprint density at radius 2 is 1.74 bits per heavy atom. The van der Waals surface area contributed by atoms with E-state index >= 15 is 0 Å². The van der Waals surface area contributed by atoms with E-state index in [1.165, 1.54) is 0 Å². The Bertz CT molecular complexity index is 299. The second-order valence-corrected chi connectivity index (χ2v) is 12.1. The number of hydrogen-bond acceptors (Lipinski definition) is 2. The van der Waals surface area contributed by atoms with Crippen molar-refractivity contribution in [2.45, 2.75) is 71.7 Å². The van der Waals surface area contributed by atoms with E-state index in [-0.39, 0.29) is 17.1 Å². The summed E-state index contributed by atoms with van der Waals surface area (Å²) in [4.78, 5) is 0. The first-order valence-corrected chi connectivity index (χ1v) is 10.2. The molecule has 0 aliphatic heterocycles. The fourth-order valence-corrected chi connectivity index (χ4v) is 2.60. The van der Waals surface area contributed by atoms with Crippen LogP contribution in [0, 0.1) is 24.2 Å². The molecule has 0 fully saturated rings. The highest BCUT2D eigenvalue weighted by molar-refractivity contribution is 6.74. The molecule has 0 rings (SSSR count). The van der Waals surface area contributed by atoms with Gasteiger partial charge in [-0.25, -0.2) is 0 Å². The third kappa shape index (κ3) is 6.60. The van der Waals surface area contributed by atoms with Crippen LogP contribution in [0.4, 0.5) is 0 Å². The predicted molar refractivity (Wildman–Crippen MR) is 85.6 cm³/mol. The highest BCUT2D eigenvalue weighted by Gasteiger charge is 2.37. The standard InChI is InChI=1S/C16H32O2Si/c1-9-14(3)15(17)11-10-13(2)12-18-19(7,8)16(4,5)6/h1,13-15,17H,10-12H2,2-8H3/t13-,14+,15-/m0/s1. The van der Waals surface area contributed by atoms with E-state index in [1.54, 1.807) is 0 Å². The summed E-state index contributed by atoms with van der Waals surface area (Å²) in [7, 11) is -1.65. The third-order valence-corrected chi connectivity index (χ3v) is 8.83. The molecule has 0 saturated carbocycles. The minimum atomic E-state index is -1.65. The number of aliphatic hydroxyl groups excluding tert-OH is 1. The monoisotopic (exact) mass is 284 g/mol. The molecular weight excluding hydrogens is 252 g/mol. The van der Waals surface area contributed by atoms with Crippen molar-refractivity contribution >= 4 is 8.32 Å². The van der Waals surface area contributed by atoms with Crippen LogP contribution in [0.15, 0.2) is 0 Å². The predicted octanol–water partition coefficient (Wildman–Crippen LogP) is 4.05. The molecule has 0 amide bonds. The van der Waals surface area contributed by atoms with Crippen molar-refractivity contribution in [3.8, 4) is 12.3 Å². The molecule has 0 aromatic carbocycles. The molecule has 0 aliphatic rings. The fraction of sp³-hybridized carbons (Fsp3) is 0.875. The zero-order valence-electron chi connectivity index (χ0n) is 13.8. The first kappa shape index (κ1) is 18.7. The van der Waals surface area contributed by atoms with Crippen LogP contribution in [-0.2, 0) is 4.43 Å². The first-order valence-electron chi connectivity index (χ1n) is 7.29. The average molecular weight is 285 g/mol. The lowest BCUT2D eigenvalue weighted by Crippen LogP contribution is -2.41. The lowest BCUT2D eigenvalue weighted by atomic mass is 9.97. The van der Waals surface area contributed by atoms with Crippen molar-refractivity contribution in [1.29, 1.82) is 0 Å². The topological polar surface area (TPSA) is 29.5 Å². The zero-order valence-corrected chi connectivity index (χ0v) is 14.8. The maximum atomic E-state index is 9.85. The summed E-state index contributed by atoms with van der Waals surface area (Å²) in [6, 6.07) is 0. The molecule has 0 aromatic rings. The Labute approximate surface area is 121 Å². The van der Waals surface area contributed by atoms with Crippen molar-refractivity contribution in [3.05, 3.63) is 0 Å². The van der Waals surface area contributed by atoms with E-state index in [2.05, 4.69) is 46.7 Å². The number of rotatable bonds is 7. The van der Waals surface area contributed by atoms with Crippen molar-refractivity contribution in [2.24, 2.45) is 11.8 Å². The molecule has 0 unspecified atom stereocenters. The molecule has 112 valence electrons. The normalized spacial score (nSPS) is 17.6. The second kappa shape index (κ2) is 7.47. The minimum Gasteiger partial charge on any atom is -0.417 e. The van der Waals surface area contributed by atoms with E-state index in [4.69, 9.17) is 10.8 Å². The Morgan fingerprint density at radius 1 is 1.21 bits per heavy atom. The van der Waals surface area contributed by atoms with Crippen LogP contribution >= 0.6 is 0 Å². The van der Waals surface area contributed by atoms with Gasteiger partial charge >= 0.3 is 0 Å². The summed E-state index contributed by atoms with van der Waals surface area (Å²) in [6.45, 7) is 16.2. The lowest BCUT2D eigenvalue weighted by Gasteiger charge is -2.37. The van der Waals surface area contributed by atoms with Gasteiger partial charge in [0.2, 0.25) is 0 Å². The maximum absolute atomic E-state index is 9.85. The second-order valence-electron chi connectivity index (χ2n) is 7.28. The lowest BCUT2D eigenvalue weighted by molar-refractivity contribution is 0.118. The first-order chi connectivity index (χ1) is 8.51. The molecule has 19 heavy (non-hydrogen) atoms. The highest BCUT2D eigenvalue weighted by Crippen LogP contribution is 2.36. The molecule has 2 nitrogen and oxygen atoms in total. The van der Waals surface area contributed by atoms with Gasteiger partial charge in [-0.05, 0) is 43.8 Å². The van der Waals surface area contributed by atoms with E-state index < -0.39 is 8.32 Å². The molecule has 3 atom stereocenters. The molecule has 0 bridgehead atoms. The van der Waals surface area contributed by atoms with Gasteiger partial charge in [-0.15, -0.1) is 12.3 Å². The van der Waals surface area contributed by atoms with Crippen LogP contribution in [-0.4, -0.2) is 26.1 Å². The van der Waals surface area contributed by atoms with E-state index in [0.717, 1.165) is 19.4 Å². The smallest absolute Gasteiger partial charge is 0.191 e. The van der Waals surface area contributed by atoms with E-state index in [0.29, 0.717) is 5.92 Å². The largest absolute Gasteiger partial charge is 0.417 e. The average Bonchev–Trinajstić information content (AvgIpc) is 2.30. The molecule has 1 N–H and O–H groups in total. The van der Waals surface area contributed by atoms with E-state index in [1.807, 2.05) is 6.92 Å². The van der Waals surface area contributed by atoms with Gasteiger partial charge in [-0.1, -0.05) is 27.7 Å². The SMILES string of the molecule is C#C[C@@H](C)[C@@H](O)CC[C@H](C)CO[Si](C)(C)C(C)(C)C. The zero-order chi connectivity index (χ0) is 15.3. The molecule has 0 aliphatic carbocycles. The summed E-state index contributed by atoms with van der Waals surface area (Å²) in [5.41, 5.74) is 0. The van der Waals surface area contributed by atoms with Gasteiger partial charge in [0, 0.05) is 12.5 Å². The van der Waals surface area contributed by atoms with Crippen LogP contribution in [0.25, 0.3) is 0 Å². The summed E-state index contributed by atoms with van der Waals surface area (Å²) < 4.78 is 6.19. The maximum Gasteiger partial charge on any atom is 0.191 e. The summed E-state index contributed by atoms with van der Waals surface area (Å²) in [5, 5.41) is 10.1. The Kier molecular flexibility index (Phi) is 7.35. The molecule has 0 spiro atoms. The van der Waals surface area contributed by atoms with Gasteiger partial charge in [0.25, 0.3) is 0 Å². The summed E-state index contributed by atoms with van der Waals surface area (Å²) >= 11 is 0. The number of aliphatic hydroxyl groups is 1. The minimum absolute atomic E-state index is 0.0616. The molecule has 0 heterocycles. The van der Waals surface area contributed by atoms with Gasteiger partial charge in [-0.3, -0.25) is 0 Å². The summed E-state index contributed by atoms with van der Waals surface area (Å²) in [6.07, 6.45) is 6.64. The van der Waals surface area contributed by atoms with Crippen LogP contribution in [0.2, 0.25) is 18.1 Å². The molecule has 0 radical (unpaired) electrons. The fourth-order valence-electron chi connectivity index (χ4n) is 1.47. The number of hydrogen-bond donors (Lipinski definition) is 1.